The molecular formula is C49H62O8. The van der Waals surface area contributed by atoms with E-state index < -0.39 is 17.5 Å². The van der Waals surface area contributed by atoms with Gasteiger partial charge in [0.1, 0.15) is 5.75 Å². The van der Waals surface area contributed by atoms with Gasteiger partial charge in [0.15, 0.2) is 5.60 Å². The topological polar surface area (TPSA) is 105 Å². The molecule has 5 rings (SSSR count). The van der Waals surface area contributed by atoms with Crippen molar-refractivity contribution in [3.8, 4) is 30.4 Å². The number of hydrogen-bond donors (Lipinski definition) is 0. The molecule has 3 saturated carbocycles. The highest BCUT2D eigenvalue weighted by molar-refractivity contribution is 5.99. The molecule has 0 N–H and O–H groups in total. The van der Waals surface area contributed by atoms with Crippen LogP contribution in [0.3, 0.4) is 0 Å². The lowest BCUT2D eigenvalue weighted by molar-refractivity contribution is -0.152. The number of benzene rings is 2. The minimum Gasteiger partial charge on any atom is -0.465 e. The lowest BCUT2D eigenvalue weighted by Gasteiger charge is -2.41. The first-order valence-electron chi connectivity index (χ1n) is 21.6. The quantitative estimate of drug-likeness (QED) is 0.0368. The van der Waals surface area contributed by atoms with Gasteiger partial charge in [-0.1, -0.05) is 69.9 Å². The minimum atomic E-state index is -0.916. The third-order valence-electron chi connectivity index (χ3n) is 12.8. The molecule has 0 aromatic heterocycles. The molecule has 57 heavy (non-hydrogen) atoms. The first-order chi connectivity index (χ1) is 27.7. The van der Waals surface area contributed by atoms with Gasteiger partial charge in [-0.25, -0.2) is 9.59 Å². The van der Waals surface area contributed by atoms with E-state index in [0.29, 0.717) is 79.9 Å². The van der Waals surface area contributed by atoms with Crippen LogP contribution < -0.4 is 4.74 Å². The van der Waals surface area contributed by atoms with Gasteiger partial charge in [-0.05, 0) is 137 Å². The molecule has 2 aromatic rings. The Balaban J connectivity index is 1.07. The Labute approximate surface area is 340 Å². The van der Waals surface area contributed by atoms with Gasteiger partial charge in [0.25, 0.3) is 0 Å². The third kappa shape index (κ3) is 12.5. The van der Waals surface area contributed by atoms with Crippen molar-refractivity contribution >= 4 is 34.6 Å². The Bertz CT molecular complexity index is 1770. The van der Waals surface area contributed by atoms with Crippen molar-refractivity contribution < 1.29 is 38.1 Å². The summed E-state index contributed by atoms with van der Waals surface area (Å²) in [6.45, 7) is 6.34. The monoisotopic (exact) mass is 778 g/mol. The molecule has 8 heteroatoms. The van der Waals surface area contributed by atoms with Crippen molar-refractivity contribution in [1.29, 1.82) is 0 Å². The predicted molar refractivity (Wildman–Crippen MR) is 222 cm³/mol. The highest BCUT2D eigenvalue weighted by Gasteiger charge is 2.40. The largest absolute Gasteiger partial charge is 0.465 e. The molecule has 306 valence electrons. The zero-order chi connectivity index (χ0) is 40.6. The average Bonchev–Trinajstić information content (AvgIpc) is 3.24. The molecule has 3 aliphatic rings. The maximum atomic E-state index is 13.6. The van der Waals surface area contributed by atoms with Gasteiger partial charge in [0, 0.05) is 17.0 Å². The lowest BCUT2D eigenvalue weighted by atomic mass is 9.67. The van der Waals surface area contributed by atoms with Gasteiger partial charge in [-0.3, -0.25) is 9.59 Å². The van der Waals surface area contributed by atoms with Gasteiger partial charge >= 0.3 is 23.9 Å². The number of hydrogen-bond acceptors (Lipinski definition) is 8. The smallest absolute Gasteiger partial charge is 0.339 e. The lowest BCUT2D eigenvalue weighted by Crippen LogP contribution is -2.39. The van der Waals surface area contributed by atoms with E-state index in [1.54, 1.807) is 30.3 Å². The first kappa shape index (κ1) is 43.6. The van der Waals surface area contributed by atoms with Crippen LogP contribution in [0.2, 0.25) is 0 Å². The summed E-state index contributed by atoms with van der Waals surface area (Å²) in [5, 5.41) is 1.42. The highest BCUT2D eigenvalue weighted by Crippen LogP contribution is 2.44. The molecule has 3 aliphatic carbocycles. The second-order valence-corrected chi connectivity index (χ2v) is 16.6. The standard InChI is InChI=1S/C49H62O8/c1-5-9-12-15-35-16-18-37(19-17-35)38-26-28-49(8-4,29-27-38)57-48(53)42-32-36(6-2)44-34-43(25-24-41(44)33-42)56-47(52)40-22-20-39(21-23-40)46(51)55-31-14-11-10-13-30-54-45(50)7-3/h2,4,7,24-25,32-35,37-40H,3,5,9-23,26-31H2,1H3. The van der Waals surface area contributed by atoms with Crippen LogP contribution in [0, 0.1) is 54.3 Å². The molecule has 0 bridgehead atoms. The third-order valence-corrected chi connectivity index (χ3v) is 12.8. The minimum absolute atomic E-state index is 0.219. The van der Waals surface area contributed by atoms with Crippen molar-refractivity contribution in [3.63, 3.8) is 0 Å². The number of ether oxygens (including phenoxy) is 4. The number of carbonyl (C=O) groups is 4. The summed E-state index contributed by atoms with van der Waals surface area (Å²) < 4.78 is 22.4. The summed E-state index contributed by atoms with van der Waals surface area (Å²) in [5.41, 5.74) is -0.0771. The van der Waals surface area contributed by atoms with Crippen molar-refractivity contribution in [2.75, 3.05) is 13.2 Å². The SMILES string of the molecule is C#Cc1cc(C(=O)OC2(C#C)CCC(C3CCC(CCCCC)CC3)CC2)cc2ccc(OC(=O)C3CCC(C(=O)OCCCCCCOC(=O)C=C)CC3)cc12. The molecule has 0 aliphatic heterocycles. The van der Waals surface area contributed by atoms with Crippen LogP contribution in [0.25, 0.3) is 10.8 Å². The van der Waals surface area contributed by atoms with Crippen LogP contribution in [-0.4, -0.2) is 42.7 Å². The van der Waals surface area contributed by atoms with E-state index in [-0.39, 0.29) is 23.8 Å². The van der Waals surface area contributed by atoms with Gasteiger partial charge in [0.2, 0.25) is 0 Å². The second-order valence-electron chi connectivity index (χ2n) is 16.6. The molecule has 2 aromatic carbocycles. The van der Waals surface area contributed by atoms with Crippen LogP contribution in [0.1, 0.15) is 151 Å². The normalized spacial score (nSPS) is 24.6. The summed E-state index contributed by atoms with van der Waals surface area (Å²) in [6, 6.07) is 8.63. The molecule has 0 unspecified atom stereocenters. The number of fused-ring (bicyclic) bond motifs is 1. The van der Waals surface area contributed by atoms with Crippen LogP contribution >= 0.6 is 0 Å². The van der Waals surface area contributed by atoms with Gasteiger partial charge < -0.3 is 18.9 Å². The van der Waals surface area contributed by atoms with Gasteiger partial charge in [-0.2, -0.15) is 0 Å². The number of terminal acetylenes is 2. The Kier molecular flexibility index (Phi) is 16.7. The fourth-order valence-electron chi connectivity index (χ4n) is 9.20. The summed E-state index contributed by atoms with van der Waals surface area (Å²) >= 11 is 0. The summed E-state index contributed by atoms with van der Waals surface area (Å²) in [4.78, 5) is 50.5. The maximum absolute atomic E-state index is 13.6. The summed E-state index contributed by atoms with van der Waals surface area (Å²) in [7, 11) is 0. The van der Waals surface area contributed by atoms with E-state index in [9.17, 15) is 19.2 Å². The molecule has 0 atom stereocenters. The molecular weight excluding hydrogens is 717 g/mol. The van der Waals surface area contributed by atoms with E-state index in [0.717, 1.165) is 61.8 Å². The van der Waals surface area contributed by atoms with Crippen LogP contribution in [0.15, 0.2) is 43.0 Å². The molecule has 3 fully saturated rings. The zero-order valence-corrected chi connectivity index (χ0v) is 34.0. The van der Waals surface area contributed by atoms with E-state index >= 15 is 0 Å². The Morgan fingerprint density at radius 3 is 2.05 bits per heavy atom. The Morgan fingerprint density at radius 2 is 1.42 bits per heavy atom. The van der Waals surface area contributed by atoms with Crippen LogP contribution in [0.4, 0.5) is 0 Å². The van der Waals surface area contributed by atoms with E-state index in [2.05, 4.69) is 25.3 Å². The predicted octanol–water partition coefficient (Wildman–Crippen LogP) is 10.5. The highest BCUT2D eigenvalue weighted by atomic mass is 16.6. The molecule has 0 amide bonds. The first-order valence-corrected chi connectivity index (χ1v) is 21.6. The molecule has 8 nitrogen and oxygen atoms in total. The van der Waals surface area contributed by atoms with Crippen LogP contribution in [-0.2, 0) is 28.6 Å². The molecule has 0 heterocycles. The number of esters is 4. The molecule has 0 spiro atoms. The van der Waals surface area contributed by atoms with Crippen LogP contribution in [0.5, 0.6) is 5.75 Å². The maximum Gasteiger partial charge on any atom is 0.339 e. The zero-order valence-electron chi connectivity index (χ0n) is 34.0. The van der Waals surface area contributed by atoms with Crippen molar-refractivity contribution in [2.24, 2.45) is 29.6 Å². The number of rotatable bonds is 18. The summed E-state index contributed by atoms with van der Waals surface area (Å²) in [5.74, 6) is 6.18. The average molecular weight is 779 g/mol. The fraction of sp³-hybridized carbons (Fsp3) is 0.592. The Morgan fingerprint density at radius 1 is 0.772 bits per heavy atom. The van der Waals surface area contributed by atoms with Crippen molar-refractivity contribution in [1.82, 2.24) is 0 Å². The van der Waals surface area contributed by atoms with E-state index in [1.165, 1.54) is 51.4 Å². The van der Waals surface area contributed by atoms with E-state index in [4.69, 9.17) is 31.8 Å². The van der Waals surface area contributed by atoms with Gasteiger partial charge in [0.05, 0.1) is 30.6 Å². The number of unbranched alkanes of at least 4 members (excludes halogenated alkanes) is 5. The fourth-order valence-corrected chi connectivity index (χ4v) is 9.20. The molecule has 0 saturated heterocycles. The Hall–Kier alpha value is -4.56. The number of carbonyl (C=O) groups excluding carboxylic acids is 4. The second kappa shape index (κ2) is 21.8. The van der Waals surface area contributed by atoms with Gasteiger partial charge in [-0.15, -0.1) is 12.8 Å². The van der Waals surface area contributed by atoms with E-state index in [1.807, 2.05) is 0 Å². The van der Waals surface area contributed by atoms with Crippen molar-refractivity contribution in [2.45, 2.75) is 141 Å². The molecule has 0 radical (unpaired) electrons. The summed E-state index contributed by atoms with van der Waals surface area (Å²) in [6.07, 6.45) is 32.5. The van der Waals surface area contributed by atoms with Crippen molar-refractivity contribution in [3.05, 3.63) is 54.1 Å².